The third-order valence-electron chi connectivity index (χ3n) is 6.94. The third-order valence-corrected chi connectivity index (χ3v) is 6.94. The molecule has 0 aliphatic carbocycles. The Kier molecular flexibility index (Phi) is 8.82. The van der Waals surface area contributed by atoms with Gasteiger partial charge in [0.1, 0.15) is 11.6 Å². The van der Waals surface area contributed by atoms with Gasteiger partial charge in [0.2, 0.25) is 11.8 Å². The highest BCUT2D eigenvalue weighted by Crippen LogP contribution is 2.33. The molecule has 3 aromatic carbocycles. The standard InChI is InChI=1S/C30H32F2N2O2/c31-26-13-10-22(11-14-26)12-15-30(36)34-19-17-25(23-6-2-1-3-7-23)20-27(34)21-29(35)33-18-16-24-8-4-5-9-28(24)32/h1-11,13-14,25,27H,12,15-21H2,(H,33,35). The molecular formula is C30H32F2N2O2. The van der Waals surface area contributed by atoms with E-state index in [0.29, 0.717) is 44.3 Å². The van der Waals surface area contributed by atoms with E-state index in [0.717, 1.165) is 12.0 Å². The second-order valence-corrected chi connectivity index (χ2v) is 9.39. The van der Waals surface area contributed by atoms with Crippen LogP contribution in [0.15, 0.2) is 78.9 Å². The van der Waals surface area contributed by atoms with Gasteiger partial charge in [0.25, 0.3) is 0 Å². The molecule has 3 aromatic rings. The van der Waals surface area contributed by atoms with Crippen LogP contribution >= 0.6 is 0 Å². The molecule has 1 saturated heterocycles. The van der Waals surface area contributed by atoms with Crippen LogP contribution in [0.5, 0.6) is 0 Å². The van der Waals surface area contributed by atoms with Gasteiger partial charge in [-0.15, -0.1) is 0 Å². The van der Waals surface area contributed by atoms with Crippen molar-refractivity contribution in [1.82, 2.24) is 10.2 Å². The molecular weight excluding hydrogens is 458 g/mol. The summed E-state index contributed by atoms with van der Waals surface area (Å²) in [4.78, 5) is 27.9. The topological polar surface area (TPSA) is 49.4 Å². The van der Waals surface area contributed by atoms with Crippen LogP contribution in [0.1, 0.15) is 48.3 Å². The van der Waals surface area contributed by atoms with Crippen LogP contribution in [-0.4, -0.2) is 35.8 Å². The van der Waals surface area contributed by atoms with Gasteiger partial charge in [0.05, 0.1) is 0 Å². The average molecular weight is 491 g/mol. The average Bonchev–Trinajstić information content (AvgIpc) is 2.90. The van der Waals surface area contributed by atoms with E-state index in [-0.39, 0.29) is 41.8 Å². The minimum Gasteiger partial charge on any atom is -0.356 e. The fourth-order valence-electron chi connectivity index (χ4n) is 4.97. The number of nitrogens with one attached hydrogen (secondary N) is 1. The minimum atomic E-state index is -0.297. The minimum absolute atomic E-state index is 0.00925. The number of carbonyl (C=O) groups is 2. The van der Waals surface area contributed by atoms with Crippen LogP contribution in [0.4, 0.5) is 8.78 Å². The summed E-state index contributed by atoms with van der Waals surface area (Å²) in [5.74, 6) is -0.420. The molecule has 2 atom stereocenters. The molecule has 4 rings (SSSR count). The molecule has 1 N–H and O–H groups in total. The van der Waals surface area contributed by atoms with Crippen molar-refractivity contribution in [3.8, 4) is 0 Å². The number of carbonyl (C=O) groups excluding carboxylic acids is 2. The van der Waals surface area contributed by atoms with Crippen molar-refractivity contribution in [3.63, 3.8) is 0 Å². The highest BCUT2D eigenvalue weighted by Gasteiger charge is 2.33. The lowest BCUT2D eigenvalue weighted by Crippen LogP contribution is -2.48. The highest BCUT2D eigenvalue weighted by atomic mass is 19.1. The van der Waals surface area contributed by atoms with Gasteiger partial charge < -0.3 is 10.2 Å². The van der Waals surface area contributed by atoms with E-state index in [1.165, 1.54) is 23.8 Å². The van der Waals surface area contributed by atoms with Crippen molar-refractivity contribution >= 4 is 11.8 Å². The molecule has 0 saturated carbocycles. The summed E-state index contributed by atoms with van der Waals surface area (Å²) < 4.78 is 27.1. The predicted octanol–water partition coefficient (Wildman–Crippen LogP) is 5.42. The molecule has 0 spiro atoms. The van der Waals surface area contributed by atoms with Gasteiger partial charge in [-0.2, -0.15) is 0 Å². The van der Waals surface area contributed by atoms with Crippen LogP contribution in [0.2, 0.25) is 0 Å². The van der Waals surface area contributed by atoms with Crippen molar-refractivity contribution in [2.75, 3.05) is 13.1 Å². The SMILES string of the molecule is O=C(CC1CC(c2ccccc2)CCN1C(=O)CCc1ccc(F)cc1)NCCc1ccccc1F. The Morgan fingerprint density at radius 2 is 1.61 bits per heavy atom. The Morgan fingerprint density at radius 1 is 0.889 bits per heavy atom. The molecule has 36 heavy (non-hydrogen) atoms. The monoisotopic (exact) mass is 490 g/mol. The Balaban J connectivity index is 1.38. The summed E-state index contributed by atoms with van der Waals surface area (Å²) in [6.07, 6.45) is 3.02. The maximum Gasteiger partial charge on any atom is 0.223 e. The summed E-state index contributed by atoms with van der Waals surface area (Å²) in [6.45, 7) is 0.933. The van der Waals surface area contributed by atoms with Crippen LogP contribution in [0.25, 0.3) is 0 Å². The summed E-state index contributed by atoms with van der Waals surface area (Å²) in [5, 5.41) is 2.90. The van der Waals surface area contributed by atoms with Crippen molar-refractivity contribution in [1.29, 1.82) is 0 Å². The number of nitrogens with zero attached hydrogens (tertiary/aromatic N) is 1. The quantitative estimate of drug-likeness (QED) is 0.435. The molecule has 2 amide bonds. The van der Waals surface area contributed by atoms with E-state index in [2.05, 4.69) is 17.4 Å². The maximum absolute atomic E-state index is 13.9. The first-order chi connectivity index (χ1) is 17.5. The lowest BCUT2D eigenvalue weighted by Gasteiger charge is -2.39. The zero-order valence-electron chi connectivity index (χ0n) is 20.3. The van der Waals surface area contributed by atoms with Crippen LogP contribution in [0, 0.1) is 11.6 Å². The van der Waals surface area contributed by atoms with E-state index in [4.69, 9.17) is 0 Å². The van der Waals surface area contributed by atoms with Gasteiger partial charge in [0, 0.05) is 32.0 Å². The van der Waals surface area contributed by atoms with Crippen molar-refractivity contribution in [3.05, 3.63) is 107 Å². The molecule has 0 radical (unpaired) electrons. The van der Waals surface area contributed by atoms with Gasteiger partial charge in [-0.1, -0.05) is 60.7 Å². The normalized spacial score (nSPS) is 17.6. The number of amides is 2. The largest absolute Gasteiger partial charge is 0.356 e. The molecule has 1 heterocycles. The number of hydrogen-bond donors (Lipinski definition) is 1. The van der Waals surface area contributed by atoms with Gasteiger partial charge >= 0.3 is 0 Å². The first kappa shape index (κ1) is 25.5. The summed E-state index contributed by atoms with van der Waals surface area (Å²) in [6, 6.07) is 22.8. The lowest BCUT2D eigenvalue weighted by atomic mass is 9.84. The smallest absolute Gasteiger partial charge is 0.223 e. The molecule has 1 fully saturated rings. The lowest BCUT2D eigenvalue weighted by molar-refractivity contribution is -0.136. The second-order valence-electron chi connectivity index (χ2n) is 9.39. The van der Waals surface area contributed by atoms with E-state index < -0.39 is 0 Å². The molecule has 6 heteroatoms. The maximum atomic E-state index is 13.9. The van der Waals surface area contributed by atoms with Crippen molar-refractivity contribution < 1.29 is 18.4 Å². The van der Waals surface area contributed by atoms with Gasteiger partial charge in [-0.3, -0.25) is 9.59 Å². The summed E-state index contributed by atoms with van der Waals surface area (Å²) in [5.41, 5.74) is 2.70. The number of rotatable bonds is 9. The zero-order chi connectivity index (χ0) is 25.3. The van der Waals surface area contributed by atoms with E-state index in [1.807, 2.05) is 23.1 Å². The van der Waals surface area contributed by atoms with Gasteiger partial charge in [0.15, 0.2) is 0 Å². The number of aryl methyl sites for hydroxylation is 1. The van der Waals surface area contributed by atoms with Crippen molar-refractivity contribution in [2.24, 2.45) is 0 Å². The van der Waals surface area contributed by atoms with Crippen LogP contribution in [-0.2, 0) is 22.4 Å². The molecule has 0 bridgehead atoms. The highest BCUT2D eigenvalue weighted by molar-refractivity contribution is 5.80. The Bertz CT molecular complexity index is 1150. The molecule has 1 aliphatic rings. The zero-order valence-corrected chi connectivity index (χ0v) is 20.3. The number of hydrogen-bond acceptors (Lipinski definition) is 2. The third kappa shape index (κ3) is 7.00. The fourth-order valence-corrected chi connectivity index (χ4v) is 4.97. The van der Waals surface area contributed by atoms with Gasteiger partial charge in [-0.25, -0.2) is 8.78 Å². The Morgan fingerprint density at radius 3 is 2.36 bits per heavy atom. The van der Waals surface area contributed by atoms with Crippen LogP contribution < -0.4 is 5.32 Å². The Hall–Kier alpha value is -3.54. The number of benzene rings is 3. The molecule has 188 valence electrons. The van der Waals surface area contributed by atoms with Crippen molar-refractivity contribution in [2.45, 2.75) is 50.5 Å². The Labute approximate surface area is 211 Å². The van der Waals surface area contributed by atoms with E-state index in [1.54, 1.807) is 30.3 Å². The van der Waals surface area contributed by atoms with E-state index >= 15 is 0 Å². The molecule has 2 unspecified atom stereocenters. The fraction of sp³-hybridized carbons (Fsp3) is 0.333. The summed E-state index contributed by atoms with van der Waals surface area (Å²) >= 11 is 0. The number of halogens is 2. The predicted molar refractivity (Wildman–Crippen MR) is 136 cm³/mol. The first-order valence-electron chi connectivity index (χ1n) is 12.6. The summed E-state index contributed by atoms with van der Waals surface area (Å²) in [7, 11) is 0. The molecule has 4 nitrogen and oxygen atoms in total. The molecule has 0 aromatic heterocycles. The first-order valence-corrected chi connectivity index (χ1v) is 12.6. The molecule has 1 aliphatic heterocycles. The van der Waals surface area contributed by atoms with E-state index in [9.17, 15) is 18.4 Å². The number of likely N-dealkylation sites (tertiary alicyclic amines) is 1. The number of piperidine rings is 1. The van der Waals surface area contributed by atoms with Gasteiger partial charge in [-0.05, 0) is 66.5 Å². The van der Waals surface area contributed by atoms with Crippen LogP contribution in [0.3, 0.4) is 0 Å². The second kappa shape index (κ2) is 12.4.